The lowest BCUT2D eigenvalue weighted by Gasteiger charge is -2.29. The summed E-state index contributed by atoms with van der Waals surface area (Å²) in [6, 6.07) is 10.1. The first-order valence-corrected chi connectivity index (χ1v) is 9.35. The minimum absolute atomic E-state index is 0.0485. The highest BCUT2D eigenvalue weighted by Crippen LogP contribution is 2.25. The van der Waals surface area contributed by atoms with Crippen LogP contribution in [0.3, 0.4) is 0 Å². The number of rotatable bonds is 8. The number of carbonyl (C=O) groups is 1. The molecule has 0 unspecified atom stereocenters. The maximum Gasteiger partial charge on any atom is 0.270 e. The van der Waals surface area contributed by atoms with Crippen molar-refractivity contribution >= 4 is 34.9 Å². The van der Waals surface area contributed by atoms with Crippen LogP contribution in [-0.4, -0.2) is 54.8 Å². The summed E-state index contributed by atoms with van der Waals surface area (Å²) >= 11 is 0. The average molecular weight is 428 g/mol. The van der Waals surface area contributed by atoms with Crippen molar-refractivity contribution in [1.82, 2.24) is 5.43 Å². The van der Waals surface area contributed by atoms with Gasteiger partial charge in [0.15, 0.2) is 0 Å². The summed E-state index contributed by atoms with van der Waals surface area (Å²) in [4.78, 5) is 34.8. The highest BCUT2D eigenvalue weighted by Gasteiger charge is 2.17. The normalized spacial score (nSPS) is 13.7. The summed E-state index contributed by atoms with van der Waals surface area (Å²) in [6.45, 7) is 2.28. The van der Waals surface area contributed by atoms with E-state index in [1.165, 1.54) is 42.6 Å². The molecule has 162 valence electrons. The zero-order valence-corrected chi connectivity index (χ0v) is 16.4. The number of nitrogens with one attached hydrogen (secondary N) is 2. The van der Waals surface area contributed by atoms with Crippen molar-refractivity contribution in [3.63, 3.8) is 0 Å². The molecule has 2 aromatic rings. The summed E-state index contributed by atoms with van der Waals surface area (Å²) in [5.41, 5.74) is 4.03. The van der Waals surface area contributed by atoms with Crippen molar-refractivity contribution in [3.8, 4) is 0 Å². The molecule has 12 heteroatoms. The SMILES string of the molecule is O=C(CNc1ccc([N+](=O)[O-])cc1)N/N=C\c1cc([N+](=O)[O-])ccc1N1CCOCC1. The number of hydrogen-bond acceptors (Lipinski definition) is 9. The Balaban J connectivity index is 1.62. The van der Waals surface area contributed by atoms with Gasteiger partial charge in [0.1, 0.15) is 0 Å². The van der Waals surface area contributed by atoms with Gasteiger partial charge in [0.25, 0.3) is 17.3 Å². The Morgan fingerprint density at radius 2 is 1.71 bits per heavy atom. The number of ether oxygens (including phenoxy) is 1. The van der Waals surface area contributed by atoms with Gasteiger partial charge in [0.2, 0.25) is 0 Å². The Morgan fingerprint density at radius 3 is 2.35 bits per heavy atom. The number of benzene rings is 2. The van der Waals surface area contributed by atoms with Gasteiger partial charge >= 0.3 is 0 Å². The number of hydrogen-bond donors (Lipinski definition) is 2. The van der Waals surface area contributed by atoms with E-state index >= 15 is 0 Å². The summed E-state index contributed by atoms with van der Waals surface area (Å²) in [5.74, 6) is -0.451. The zero-order chi connectivity index (χ0) is 22.2. The smallest absolute Gasteiger partial charge is 0.270 e. The second kappa shape index (κ2) is 10.1. The summed E-state index contributed by atoms with van der Waals surface area (Å²) in [7, 11) is 0. The van der Waals surface area contributed by atoms with Crippen molar-refractivity contribution in [2.75, 3.05) is 43.1 Å². The molecule has 0 atom stereocenters. The van der Waals surface area contributed by atoms with E-state index in [1.54, 1.807) is 6.07 Å². The molecule has 1 saturated heterocycles. The Kier molecular flexibility index (Phi) is 7.06. The fourth-order valence-electron chi connectivity index (χ4n) is 2.95. The molecule has 1 aliphatic rings. The minimum atomic E-state index is -0.510. The molecule has 0 aliphatic carbocycles. The Labute approximate surface area is 176 Å². The van der Waals surface area contributed by atoms with Crippen molar-refractivity contribution < 1.29 is 19.4 Å². The van der Waals surface area contributed by atoms with E-state index in [0.29, 0.717) is 37.6 Å². The topological polar surface area (TPSA) is 152 Å². The van der Waals surface area contributed by atoms with Crippen molar-refractivity contribution in [2.24, 2.45) is 5.10 Å². The van der Waals surface area contributed by atoms with Gasteiger partial charge in [-0.25, -0.2) is 5.43 Å². The van der Waals surface area contributed by atoms with Gasteiger partial charge in [-0.05, 0) is 18.2 Å². The van der Waals surface area contributed by atoms with Crippen LogP contribution in [0.4, 0.5) is 22.7 Å². The average Bonchev–Trinajstić information content (AvgIpc) is 2.78. The number of morpholine rings is 1. The monoisotopic (exact) mass is 428 g/mol. The van der Waals surface area contributed by atoms with Gasteiger partial charge in [0, 0.05) is 54.3 Å². The van der Waals surface area contributed by atoms with Gasteiger partial charge in [-0.15, -0.1) is 0 Å². The lowest BCUT2D eigenvalue weighted by molar-refractivity contribution is -0.385. The first-order valence-electron chi connectivity index (χ1n) is 9.35. The molecule has 1 aliphatic heterocycles. The van der Waals surface area contributed by atoms with Crippen LogP contribution in [0.15, 0.2) is 47.6 Å². The molecule has 0 aromatic heterocycles. The number of nitro benzene ring substituents is 2. The van der Waals surface area contributed by atoms with Gasteiger partial charge in [0.05, 0.1) is 35.8 Å². The van der Waals surface area contributed by atoms with Crippen molar-refractivity contribution in [2.45, 2.75) is 0 Å². The summed E-state index contributed by atoms with van der Waals surface area (Å²) in [5, 5.41) is 28.5. The van der Waals surface area contributed by atoms with E-state index < -0.39 is 15.8 Å². The number of nitrogens with zero attached hydrogens (tertiary/aromatic N) is 4. The predicted octanol–water partition coefficient (Wildman–Crippen LogP) is 1.90. The second-order valence-corrected chi connectivity index (χ2v) is 6.55. The van der Waals surface area contributed by atoms with Crippen LogP contribution in [0.2, 0.25) is 0 Å². The number of nitro groups is 2. The standard InChI is InChI=1S/C19H20N6O6/c26-19(13-20-15-1-3-16(4-2-15)24(27)28)22-21-12-14-11-17(25(29)30)5-6-18(14)23-7-9-31-10-8-23/h1-6,11-12,20H,7-10,13H2,(H,22,26)/b21-12-. The number of carbonyl (C=O) groups excluding carboxylic acids is 1. The molecule has 3 rings (SSSR count). The van der Waals surface area contributed by atoms with Crippen LogP contribution in [0, 0.1) is 20.2 Å². The fraction of sp³-hybridized carbons (Fsp3) is 0.263. The van der Waals surface area contributed by atoms with E-state index in [1.807, 2.05) is 4.90 Å². The van der Waals surface area contributed by atoms with E-state index in [0.717, 1.165) is 5.69 Å². The first-order chi connectivity index (χ1) is 14.9. The van der Waals surface area contributed by atoms with Crippen LogP contribution in [0.5, 0.6) is 0 Å². The lowest BCUT2D eigenvalue weighted by atomic mass is 10.1. The third-order valence-corrected chi connectivity index (χ3v) is 4.50. The number of hydrazone groups is 1. The molecule has 12 nitrogen and oxygen atoms in total. The molecule has 1 amide bonds. The van der Waals surface area contributed by atoms with Crippen LogP contribution in [0.25, 0.3) is 0 Å². The first kappa shape index (κ1) is 21.6. The molecule has 31 heavy (non-hydrogen) atoms. The summed E-state index contributed by atoms with van der Waals surface area (Å²) < 4.78 is 5.34. The molecule has 2 aromatic carbocycles. The van der Waals surface area contributed by atoms with Crippen LogP contribution in [-0.2, 0) is 9.53 Å². The second-order valence-electron chi connectivity index (χ2n) is 6.55. The molecule has 0 radical (unpaired) electrons. The Hall–Kier alpha value is -4.06. The van der Waals surface area contributed by atoms with Gasteiger partial charge in [-0.3, -0.25) is 25.0 Å². The van der Waals surface area contributed by atoms with Gasteiger partial charge in [-0.1, -0.05) is 0 Å². The zero-order valence-electron chi connectivity index (χ0n) is 16.4. The predicted molar refractivity (Wildman–Crippen MR) is 113 cm³/mol. The molecular weight excluding hydrogens is 408 g/mol. The van der Waals surface area contributed by atoms with E-state index in [9.17, 15) is 25.0 Å². The Bertz CT molecular complexity index is 988. The maximum atomic E-state index is 12.0. The largest absolute Gasteiger partial charge is 0.378 e. The lowest BCUT2D eigenvalue weighted by Crippen LogP contribution is -2.36. The molecule has 0 bridgehead atoms. The fourth-order valence-corrected chi connectivity index (χ4v) is 2.95. The van der Waals surface area contributed by atoms with Gasteiger partial charge < -0.3 is 15.0 Å². The van der Waals surface area contributed by atoms with E-state index in [2.05, 4.69) is 15.8 Å². The molecule has 1 heterocycles. The van der Waals surface area contributed by atoms with E-state index in [4.69, 9.17) is 4.74 Å². The highest BCUT2D eigenvalue weighted by atomic mass is 16.6. The Morgan fingerprint density at radius 1 is 1.06 bits per heavy atom. The number of anilines is 2. The molecule has 0 saturated carbocycles. The maximum absolute atomic E-state index is 12.0. The van der Waals surface area contributed by atoms with E-state index in [-0.39, 0.29) is 17.9 Å². The number of amides is 1. The molecular formula is C19H20N6O6. The van der Waals surface area contributed by atoms with Crippen LogP contribution < -0.4 is 15.6 Å². The van der Waals surface area contributed by atoms with Crippen LogP contribution >= 0.6 is 0 Å². The molecule has 2 N–H and O–H groups in total. The van der Waals surface area contributed by atoms with Crippen molar-refractivity contribution in [3.05, 3.63) is 68.3 Å². The number of non-ortho nitro benzene ring substituents is 2. The minimum Gasteiger partial charge on any atom is -0.378 e. The van der Waals surface area contributed by atoms with Gasteiger partial charge in [-0.2, -0.15) is 5.10 Å². The quantitative estimate of drug-likeness (QED) is 0.367. The third-order valence-electron chi connectivity index (χ3n) is 4.50. The molecule has 1 fully saturated rings. The van der Waals surface area contributed by atoms with Crippen molar-refractivity contribution in [1.29, 1.82) is 0 Å². The highest BCUT2D eigenvalue weighted by molar-refractivity contribution is 5.90. The third kappa shape index (κ3) is 5.96. The molecule has 0 spiro atoms. The van der Waals surface area contributed by atoms with Crippen LogP contribution in [0.1, 0.15) is 5.56 Å². The summed E-state index contributed by atoms with van der Waals surface area (Å²) in [6.07, 6.45) is 1.36.